The van der Waals surface area contributed by atoms with Crippen molar-refractivity contribution in [2.45, 2.75) is 38.3 Å². The van der Waals surface area contributed by atoms with Gasteiger partial charge in [-0.25, -0.2) is 4.79 Å². The number of aliphatic carboxylic acids is 1. The summed E-state index contributed by atoms with van der Waals surface area (Å²) in [6, 6.07) is 13.5. The van der Waals surface area contributed by atoms with E-state index >= 15 is 0 Å². The minimum atomic E-state index is -1.39. The van der Waals surface area contributed by atoms with Crippen LogP contribution >= 0.6 is 0 Å². The molecule has 1 aliphatic rings. The van der Waals surface area contributed by atoms with E-state index in [9.17, 15) is 24.3 Å². The first-order valence-corrected chi connectivity index (χ1v) is 11.1. The normalized spacial score (nSPS) is 13.7. The van der Waals surface area contributed by atoms with Gasteiger partial charge in [0.15, 0.2) is 0 Å². The van der Waals surface area contributed by atoms with Crippen LogP contribution in [0.5, 0.6) is 0 Å². The van der Waals surface area contributed by atoms with Gasteiger partial charge in [0.05, 0.1) is 6.42 Å². The molecule has 0 saturated heterocycles. The van der Waals surface area contributed by atoms with E-state index in [4.69, 9.17) is 4.74 Å². The Bertz CT molecular complexity index is 1040. The molecule has 0 aromatic heterocycles. The number of nitrogens with one attached hydrogen (secondary N) is 2. The Morgan fingerprint density at radius 1 is 1.00 bits per heavy atom. The fourth-order valence-corrected chi connectivity index (χ4v) is 4.03. The van der Waals surface area contributed by atoms with E-state index in [1.165, 1.54) is 11.8 Å². The molecule has 2 unspecified atom stereocenters. The van der Waals surface area contributed by atoms with Crippen molar-refractivity contribution in [2.75, 3.05) is 20.2 Å². The van der Waals surface area contributed by atoms with Gasteiger partial charge in [0.2, 0.25) is 11.8 Å². The summed E-state index contributed by atoms with van der Waals surface area (Å²) in [4.78, 5) is 50.0. The molecule has 3 N–H and O–H groups in total. The van der Waals surface area contributed by atoms with Gasteiger partial charge in [0, 0.05) is 19.5 Å². The summed E-state index contributed by atoms with van der Waals surface area (Å²) >= 11 is 0. The molecule has 0 bridgehead atoms. The number of likely N-dealkylation sites (N-methyl/N-ethyl adjacent to an activating group) is 1. The lowest BCUT2D eigenvalue weighted by Gasteiger charge is -2.23. The Kier molecular flexibility index (Phi) is 7.88. The molecule has 0 spiro atoms. The first-order valence-electron chi connectivity index (χ1n) is 11.1. The molecule has 3 amide bonds. The molecule has 0 radical (unpaired) electrons. The molecule has 0 fully saturated rings. The second kappa shape index (κ2) is 10.8. The quantitative estimate of drug-likeness (QED) is 0.520. The lowest BCUT2D eigenvalue weighted by atomic mass is 9.98. The van der Waals surface area contributed by atoms with Crippen LogP contribution < -0.4 is 10.6 Å². The molecule has 9 heteroatoms. The summed E-state index contributed by atoms with van der Waals surface area (Å²) in [6.45, 7) is 3.77. The number of carboxylic acid groups (broad SMARTS) is 1. The Hall–Kier alpha value is -3.88. The zero-order chi connectivity index (χ0) is 24.8. The first kappa shape index (κ1) is 24.8. The maximum atomic E-state index is 12.6. The zero-order valence-electron chi connectivity index (χ0n) is 19.4. The second-order valence-corrected chi connectivity index (χ2v) is 8.20. The van der Waals surface area contributed by atoms with Crippen LogP contribution in [0.4, 0.5) is 4.79 Å². The zero-order valence-corrected chi connectivity index (χ0v) is 19.4. The summed E-state index contributed by atoms with van der Waals surface area (Å²) in [5, 5.41) is 14.0. The van der Waals surface area contributed by atoms with Gasteiger partial charge in [-0.15, -0.1) is 0 Å². The van der Waals surface area contributed by atoms with E-state index in [-0.39, 0.29) is 18.4 Å². The summed E-state index contributed by atoms with van der Waals surface area (Å²) < 4.78 is 5.41. The van der Waals surface area contributed by atoms with Crippen LogP contribution in [0, 0.1) is 0 Å². The molecule has 2 atom stereocenters. The van der Waals surface area contributed by atoms with Crippen molar-refractivity contribution in [3.05, 3.63) is 59.7 Å². The average molecular weight is 468 g/mol. The molecule has 2 aromatic rings. The number of rotatable bonds is 9. The van der Waals surface area contributed by atoms with Crippen molar-refractivity contribution >= 4 is 23.9 Å². The van der Waals surface area contributed by atoms with Crippen LogP contribution in [-0.4, -0.2) is 66.2 Å². The third kappa shape index (κ3) is 5.54. The number of nitrogens with zero attached hydrogens (tertiary/aromatic N) is 1. The Morgan fingerprint density at radius 3 is 2.09 bits per heavy atom. The van der Waals surface area contributed by atoms with Crippen LogP contribution in [0.15, 0.2) is 48.5 Å². The van der Waals surface area contributed by atoms with Crippen LogP contribution in [0.2, 0.25) is 0 Å². The highest BCUT2D eigenvalue weighted by atomic mass is 16.5. The Morgan fingerprint density at radius 2 is 1.56 bits per heavy atom. The third-order valence-corrected chi connectivity index (χ3v) is 5.91. The van der Waals surface area contributed by atoms with Crippen LogP contribution in [-0.2, 0) is 19.1 Å². The van der Waals surface area contributed by atoms with Gasteiger partial charge in [-0.2, -0.15) is 0 Å². The number of alkyl carbamates (subject to hydrolysis) is 1. The smallest absolute Gasteiger partial charge is 0.407 e. The molecular formula is C25H29N3O6. The van der Waals surface area contributed by atoms with Gasteiger partial charge in [-0.1, -0.05) is 48.5 Å². The van der Waals surface area contributed by atoms with Gasteiger partial charge in [-0.05, 0) is 36.1 Å². The highest BCUT2D eigenvalue weighted by Gasteiger charge is 2.31. The number of amides is 3. The number of benzene rings is 2. The van der Waals surface area contributed by atoms with Crippen LogP contribution in [0.3, 0.4) is 0 Å². The van der Waals surface area contributed by atoms with Gasteiger partial charge in [-0.3, -0.25) is 14.4 Å². The molecule has 9 nitrogen and oxygen atoms in total. The van der Waals surface area contributed by atoms with E-state index in [0.717, 1.165) is 22.3 Å². The van der Waals surface area contributed by atoms with Crippen molar-refractivity contribution in [3.8, 4) is 11.1 Å². The Balaban J connectivity index is 1.65. The van der Waals surface area contributed by atoms with Crippen molar-refractivity contribution in [1.29, 1.82) is 0 Å². The molecule has 1 aliphatic carbocycles. The van der Waals surface area contributed by atoms with Crippen molar-refractivity contribution < 1.29 is 29.0 Å². The minimum Gasteiger partial charge on any atom is -0.481 e. The lowest BCUT2D eigenvalue weighted by Crippen LogP contribution is -2.53. The molecule has 2 aromatic carbocycles. The first-order chi connectivity index (χ1) is 16.2. The minimum absolute atomic E-state index is 0.0253. The number of fused-ring (bicyclic) bond motifs is 3. The van der Waals surface area contributed by atoms with Gasteiger partial charge in [0.1, 0.15) is 18.7 Å². The molecule has 0 aliphatic heterocycles. The summed E-state index contributed by atoms with van der Waals surface area (Å²) in [5.74, 6) is -2.55. The fraction of sp³-hybridized carbons (Fsp3) is 0.360. The van der Waals surface area contributed by atoms with E-state index in [1.54, 1.807) is 14.0 Å². The topological polar surface area (TPSA) is 125 Å². The molecule has 180 valence electrons. The van der Waals surface area contributed by atoms with Crippen molar-refractivity contribution in [2.24, 2.45) is 0 Å². The standard InChI is InChI=1S/C25H29N3O6/c1-4-28(3)24(32)15(2)26-23(31)21(13-22(29)30)27-25(33)34-14-20-18-11-7-5-9-16(18)17-10-6-8-12-19(17)20/h5-12,15,20-21H,4,13-14H2,1-3H3,(H,26,31)(H,27,33)(H,29,30). The maximum Gasteiger partial charge on any atom is 0.407 e. The van der Waals surface area contributed by atoms with Crippen LogP contribution in [0.1, 0.15) is 37.3 Å². The van der Waals surface area contributed by atoms with E-state index in [2.05, 4.69) is 10.6 Å². The van der Waals surface area contributed by atoms with Gasteiger partial charge in [0.25, 0.3) is 0 Å². The van der Waals surface area contributed by atoms with Gasteiger partial charge >= 0.3 is 12.1 Å². The summed E-state index contributed by atoms with van der Waals surface area (Å²) in [5.41, 5.74) is 4.21. The van der Waals surface area contributed by atoms with Crippen molar-refractivity contribution in [3.63, 3.8) is 0 Å². The SMILES string of the molecule is CCN(C)C(=O)C(C)NC(=O)C(CC(=O)O)NC(=O)OCC1c2ccccc2-c2ccccc21. The number of carbonyl (C=O) groups is 4. The number of ether oxygens (including phenoxy) is 1. The van der Waals surface area contributed by atoms with E-state index in [1.807, 2.05) is 48.5 Å². The third-order valence-electron chi connectivity index (χ3n) is 5.91. The predicted molar refractivity (Wildman–Crippen MR) is 125 cm³/mol. The Labute approximate surface area is 198 Å². The highest BCUT2D eigenvalue weighted by molar-refractivity contribution is 5.93. The number of carbonyl (C=O) groups excluding carboxylic acids is 3. The van der Waals surface area contributed by atoms with E-state index in [0.29, 0.717) is 6.54 Å². The average Bonchev–Trinajstić information content (AvgIpc) is 3.14. The molecule has 0 saturated carbocycles. The highest BCUT2D eigenvalue weighted by Crippen LogP contribution is 2.44. The van der Waals surface area contributed by atoms with Crippen LogP contribution in [0.25, 0.3) is 11.1 Å². The number of hydrogen-bond donors (Lipinski definition) is 3. The summed E-state index contributed by atoms with van der Waals surface area (Å²) in [6.07, 6.45) is -1.56. The number of carboxylic acids is 1. The lowest BCUT2D eigenvalue weighted by molar-refractivity contribution is -0.140. The molecule has 0 heterocycles. The fourth-order valence-electron chi connectivity index (χ4n) is 4.03. The molecule has 3 rings (SSSR count). The van der Waals surface area contributed by atoms with Crippen molar-refractivity contribution in [1.82, 2.24) is 15.5 Å². The second-order valence-electron chi connectivity index (χ2n) is 8.20. The largest absolute Gasteiger partial charge is 0.481 e. The monoisotopic (exact) mass is 467 g/mol. The van der Waals surface area contributed by atoms with E-state index < -0.39 is 36.5 Å². The molecular weight excluding hydrogens is 438 g/mol. The number of hydrogen-bond acceptors (Lipinski definition) is 5. The predicted octanol–water partition coefficient (Wildman–Crippen LogP) is 2.35. The maximum absolute atomic E-state index is 12.6. The molecule has 34 heavy (non-hydrogen) atoms. The van der Waals surface area contributed by atoms with Gasteiger partial charge < -0.3 is 25.4 Å². The summed E-state index contributed by atoms with van der Waals surface area (Å²) in [7, 11) is 1.59.